The molecule has 0 radical (unpaired) electrons. The third kappa shape index (κ3) is 5.49. The van der Waals surface area contributed by atoms with E-state index in [0.29, 0.717) is 31.2 Å². The van der Waals surface area contributed by atoms with E-state index in [4.69, 9.17) is 21.1 Å². The number of amides is 1. The molecule has 0 aliphatic rings. The summed E-state index contributed by atoms with van der Waals surface area (Å²) in [6, 6.07) is 5.41. The maximum atomic E-state index is 11.9. The van der Waals surface area contributed by atoms with Crippen LogP contribution in [0.15, 0.2) is 18.2 Å². The molecule has 0 fully saturated rings. The first-order chi connectivity index (χ1) is 9.19. The Morgan fingerprint density at radius 1 is 1.37 bits per heavy atom. The van der Waals surface area contributed by atoms with Crippen molar-refractivity contribution in [2.75, 3.05) is 32.7 Å². The van der Waals surface area contributed by atoms with E-state index in [1.807, 2.05) is 13.0 Å². The SMILES string of the molecule is COc1cc(C(=O)NCCCOCCCl)ccc1C. The summed E-state index contributed by atoms with van der Waals surface area (Å²) in [5, 5.41) is 2.84. The minimum Gasteiger partial charge on any atom is -0.496 e. The number of methoxy groups -OCH3 is 1. The van der Waals surface area contributed by atoms with Crippen LogP contribution in [0.1, 0.15) is 22.3 Å². The minimum atomic E-state index is -0.101. The van der Waals surface area contributed by atoms with E-state index >= 15 is 0 Å². The Morgan fingerprint density at radius 2 is 2.16 bits per heavy atom. The third-order valence-electron chi connectivity index (χ3n) is 2.64. The summed E-state index contributed by atoms with van der Waals surface area (Å²) in [5.74, 6) is 1.11. The number of benzene rings is 1. The van der Waals surface area contributed by atoms with Crippen LogP contribution in [0, 0.1) is 6.92 Å². The highest BCUT2D eigenvalue weighted by molar-refractivity contribution is 6.17. The molecule has 1 amide bonds. The van der Waals surface area contributed by atoms with Crippen LogP contribution >= 0.6 is 11.6 Å². The molecule has 0 saturated heterocycles. The lowest BCUT2D eigenvalue weighted by molar-refractivity contribution is 0.0944. The Hall–Kier alpha value is -1.26. The van der Waals surface area contributed by atoms with Crippen molar-refractivity contribution in [2.45, 2.75) is 13.3 Å². The molecule has 0 atom stereocenters. The zero-order chi connectivity index (χ0) is 14.1. The highest BCUT2D eigenvalue weighted by Crippen LogP contribution is 2.18. The molecule has 0 aliphatic carbocycles. The number of alkyl halides is 1. The Bertz CT molecular complexity index is 410. The quantitative estimate of drug-likeness (QED) is 0.589. The first-order valence-corrected chi connectivity index (χ1v) is 6.79. The molecule has 4 nitrogen and oxygen atoms in total. The second kappa shape index (κ2) is 8.77. The zero-order valence-corrected chi connectivity index (χ0v) is 12.1. The van der Waals surface area contributed by atoms with Gasteiger partial charge in [0.2, 0.25) is 0 Å². The van der Waals surface area contributed by atoms with Gasteiger partial charge in [0, 0.05) is 24.6 Å². The minimum absolute atomic E-state index is 0.101. The van der Waals surface area contributed by atoms with Crippen LogP contribution in [0.2, 0.25) is 0 Å². The monoisotopic (exact) mass is 285 g/mol. The van der Waals surface area contributed by atoms with Crippen LogP contribution in [-0.2, 0) is 4.74 Å². The highest BCUT2D eigenvalue weighted by atomic mass is 35.5. The van der Waals surface area contributed by atoms with E-state index in [-0.39, 0.29) is 5.91 Å². The lowest BCUT2D eigenvalue weighted by Crippen LogP contribution is -2.25. The Labute approximate surface area is 119 Å². The Balaban J connectivity index is 2.37. The average Bonchev–Trinajstić information content (AvgIpc) is 2.43. The second-order valence-corrected chi connectivity index (χ2v) is 4.47. The van der Waals surface area contributed by atoms with Crippen LogP contribution in [-0.4, -0.2) is 38.7 Å². The van der Waals surface area contributed by atoms with E-state index in [1.54, 1.807) is 19.2 Å². The molecular weight excluding hydrogens is 266 g/mol. The summed E-state index contributed by atoms with van der Waals surface area (Å²) in [4.78, 5) is 11.9. The maximum Gasteiger partial charge on any atom is 0.251 e. The summed E-state index contributed by atoms with van der Waals surface area (Å²) in [6.07, 6.45) is 0.769. The number of hydrogen-bond acceptors (Lipinski definition) is 3. The molecular formula is C14H20ClNO3. The van der Waals surface area contributed by atoms with Crippen molar-refractivity contribution >= 4 is 17.5 Å². The number of aryl methyl sites for hydroxylation is 1. The summed E-state index contributed by atoms with van der Waals surface area (Å²) in [7, 11) is 1.60. The molecule has 0 spiro atoms. The predicted octanol–water partition coefficient (Wildman–Crippen LogP) is 2.38. The van der Waals surface area contributed by atoms with Gasteiger partial charge in [-0.2, -0.15) is 0 Å². The van der Waals surface area contributed by atoms with E-state index in [0.717, 1.165) is 17.7 Å². The van der Waals surface area contributed by atoms with Crippen molar-refractivity contribution in [2.24, 2.45) is 0 Å². The zero-order valence-electron chi connectivity index (χ0n) is 11.4. The fraction of sp³-hybridized carbons (Fsp3) is 0.500. The number of halogens is 1. The van der Waals surface area contributed by atoms with Gasteiger partial charge in [-0.3, -0.25) is 4.79 Å². The maximum absolute atomic E-state index is 11.9. The largest absolute Gasteiger partial charge is 0.496 e. The summed E-state index contributed by atoms with van der Waals surface area (Å²) in [6.45, 7) is 3.67. The molecule has 19 heavy (non-hydrogen) atoms. The topological polar surface area (TPSA) is 47.6 Å². The van der Waals surface area contributed by atoms with Crippen molar-refractivity contribution in [1.82, 2.24) is 5.32 Å². The molecule has 0 bridgehead atoms. The van der Waals surface area contributed by atoms with Gasteiger partial charge in [-0.1, -0.05) is 6.07 Å². The lowest BCUT2D eigenvalue weighted by atomic mass is 10.1. The number of ether oxygens (including phenoxy) is 2. The molecule has 1 aromatic rings. The molecule has 1 rings (SSSR count). The van der Waals surface area contributed by atoms with Crippen molar-refractivity contribution in [3.63, 3.8) is 0 Å². The van der Waals surface area contributed by atoms with Crippen LogP contribution in [0.5, 0.6) is 5.75 Å². The van der Waals surface area contributed by atoms with E-state index in [2.05, 4.69) is 5.32 Å². The van der Waals surface area contributed by atoms with Crippen molar-refractivity contribution < 1.29 is 14.3 Å². The summed E-state index contributed by atoms with van der Waals surface area (Å²) in [5.41, 5.74) is 1.61. The molecule has 0 unspecified atom stereocenters. The van der Waals surface area contributed by atoms with E-state index in [9.17, 15) is 4.79 Å². The number of carbonyl (C=O) groups is 1. The van der Waals surface area contributed by atoms with Crippen LogP contribution in [0.4, 0.5) is 0 Å². The molecule has 106 valence electrons. The van der Waals surface area contributed by atoms with Gasteiger partial charge in [-0.25, -0.2) is 0 Å². The molecule has 5 heteroatoms. The fourth-order valence-corrected chi connectivity index (χ4v) is 1.71. The average molecular weight is 286 g/mol. The van der Waals surface area contributed by atoms with Crippen molar-refractivity contribution in [1.29, 1.82) is 0 Å². The Morgan fingerprint density at radius 3 is 2.84 bits per heavy atom. The fourth-order valence-electron chi connectivity index (χ4n) is 1.60. The third-order valence-corrected chi connectivity index (χ3v) is 2.80. The number of nitrogens with one attached hydrogen (secondary N) is 1. The van der Waals surface area contributed by atoms with Crippen molar-refractivity contribution in [3.8, 4) is 5.75 Å². The van der Waals surface area contributed by atoms with Crippen molar-refractivity contribution in [3.05, 3.63) is 29.3 Å². The summed E-state index contributed by atoms with van der Waals surface area (Å²) < 4.78 is 10.4. The van der Waals surface area contributed by atoms with Crippen LogP contribution < -0.4 is 10.1 Å². The molecule has 1 aromatic carbocycles. The summed E-state index contributed by atoms with van der Waals surface area (Å²) >= 11 is 5.48. The molecule has 0 heterocycles. The first-order valence-electron chi connectivity index (χ1n) is 6.25. The van der Waals surface area contributed by atoms with Crippen LogP contribution in [0.25, 0.3) is 0 Å². The number of hydrogen-bond donors (Lipinski definition) is 1. The van der Waals surface area contributed by atoms with Gasteiger partial charge in [0.15, 0.2) is 0 Å². The van der Waals surface area contributed by atoms with Gasteiger partial charge in [0.25, 0.3) is 5.91 Å². The van der Waals surface area contributed by atoms with Crippen LogP contribution in [0.3, 0.4) is 0 Å². The first kappa shape index (κ1) is 15.8. The number of rotatable bonds is 8. The molecule has 1 N–H and O–H groups in total. The standard InChI is InChI=1S/C14H20ClNO3/c1-11-4-5-12(10-13(11)18-2)14(17)16-7-3-8-19-9-6-15/h4-5,10H,3,6-9H2,1-2H3,(H,16,17). The lowest BCUT2D eigenvalue weighted by Gasteiger charge is -2.08. The van der Waals surface area contributed by atoms with Gasteiger partial charge < -0.3 is 14.8 Å². The molecule has 0 aliphatic heterocycles. The van der Waals surface area contributed by atoms with Gasteiger partial charge in [0.1, 0.15) is 5.75 Å². The van der Waals surface area contributed by atoms with E-state index < -0.39 is 0 Å². The van der Waals surface area contributed by atoms with E-state index in [1.165, 1.54) is 0 Å². The number of carbonyl (C=O) groups excluding carboxylic acids is 1. The smallest absolute Gasteiger partial charge is 0.251 e. The molecule has 0 aromatic heterocycles. The van der Waals surface area contributed by atoms with Gasteiger partial charge >= 0.3 is 0 Å². The predicted molar refractivity (Wildman–Crippen MR) is 76.2 cm³/mol. The van der Waals surface area contributed by atoms with Gasteiger partial charge in [-0.05, 0) is 31.0 Å². The van der Waals surface area contributed by atoms with Gasteiger partial charge in [0.05, 0.1) is 13.7 Å². The second-order valence-electron chi connectivity index (χ2n) is 4.10. The normalized spacial score (nSPS) is 10.3. The molecule has 0 saturated carbocycles. The Kier molecular flexibility index (Phi) is 7.30. The highest BCUT2D eigenvalue weighted by Gasteiger charge is 2.07. The van der Waals surface area contributed by atoms with Gasteiger partial charge in [-0.15, -0.1) is 11.6 Å².